The number of rotatable bonds is 7. The van der Waals surface area contributed by atoms with Gasteiger partial charge in [0.05, 0.1) is 55.0 Å². The summed E-state index contributed by atoms with van der Waals surface area (Å²) in [5.74, 6) is 0.987. The molecule has 0 amide bonds. The van der Waals surface area contributed by atoms with Crippen LogP contribution in [0.3, 0.4) is 0 Å². The van der Waals surface area contributed by atoms with Crippen molar-refractivity contribution in [1.82, 2.24) is 19.4 Å². The minimum absolute atomic E-state index is 0.338. The second kappa shape index (κ2) is 11.0. The predicted octanol–water partition coefficient (Wildman–Crippen LogP) is 6.03. The number of thiazole rings is 1. The molecule has 0 aliphatic carbocycles. The van der Waals surface area contributed by atoms with Gasteiger partial charge in [-0.2, -0.15) is 10.2 Å². The third-order valence-electron chi connectivity index (χ3n) is 5.66. The number of halogens is 2. The zero-order chi connectivity index (χ0) is 26.6. The number of methoxy groups -OCH3 is 2. The standard InChI is InChI=1S/C27H22ClFN6O2S/c1-17-23(26(28)34(33-17)20-8-6-18(29)7-9-20)15-31-35-24(22-13-21(36-2)10-11-25(22)37-3)16-38-27(35)32-19-5-4-12-30-14-19/h4-16H,1-3H3. The van der Waals surface area contributed by atoms with Crippen LogP contribution in [0.15, 0.2) is 82.5 Å². The first-order valence-corrected chi connectivity index (χ1v) is 12.7. The molecule has 3 heterocycles. The van der Waals surface area contributed by atoms with E-state index in [-0.39, 0.29) is 5.82 Å². The molecule has 192 valence electrons. The van der Waals surface area contributed by atoms with E-state index in [1.165, 1.54) is 23.5 Å². The van der Waals surface area contributed by atoms with E-state index in [4.69, 9.17) is 31.2 Å². The molecule has 5 rings (SSSR count). The average Bonchev–Trinajstić information content (AvgIpc) is 3.47. The number of hydrogen-bond donors (Lipinski definition) is 0. The zero-order valence-corrected chi connectivity index (χ0v) is 22.2. The van der Waals surface area contributed by atoms with E-state index in [0.29, 0.717) is 44.1 Å². The molecule has 0 bridgehead atoms. The van der Waals surface area contributed by atoms with Crippen molar-refractivity contribution in [3.8, 4) is 28.4 Å². The Morgan fingerprint density at radius 2 is 1.89 bits per heavy atom. The molecule has 8 nitrogen and oxygen atoms in total. The van der Waals surface area contributed by atoms with E-state index < -0.39 is 0 Å². The Morgan fingerprint density at radius 3 is 2.61 bits per heavy atom. The molecule has 5 aromatic rings. The van der Waals surface area contributed by atoms with Crippen LogP contribution in [0.25, 0.3) is 16.9 Å². The lowest BCUT2D eigenvalue weighted by molar-refractivity contribution is 0.404. The van der Waals surface area contributed by atoms with Gasteiger partial charge in [0.25, 0.3) is 0 Å². The molecule has 3 aromatic heterocycles. The van der Waals surface area contributed by atoms with Crippen LogP contribution in [0.1, 0.15) is 11.3 Å². The molecule has 0 spiro atoms. The summed E-state index contributed by atoms with van der Waals surface area (Å²) in [4.78, 5) is 9.51. The summed E-state index contributed by atoms with van der Waals surface area (Å²) >= 11 is 8.11. The van der Waals surface area contributed by atoms with Crippen molar-refractivity contribution >= 4 is 34.8 Å². The predicted molar refractivity (Wildman–Crippen MR) is 147 cm³/mol. The number of ether oxygens (including phenoxy) is 2. The highest BCUT2D eigenvalue weighted by atomic mass is 35.5. The van der Waals surface area contributed by atoms with Gasteiger partial charge < -0.3 is 9.47 Å². The number of pyridine rings is 1. The Balaban J connectivity index is 1.66. The molecule has 0 atom stereocenters. The first-order valence-electron chi connectivity index (χ1n) is 11.4. The van der Waals surface area contributed by atoms with E-state index in [1.54, 1.807) is 54.3 Å². The van der Waals surface area contributed by atoms with Gasteiger partial charge in [0.2, 0.25) is 4.80 Å². The molecule has 0 fully saturated rings. The van der Waals surface area contributed by atoms with E-state index >= 15 is 0 Å². The first-order chi connectivity index (χ1) is 18.5. The van der Waals surface area contributed by atoms with Crippen molar-refractivity contribution in [2.24, 2.45) is 10.1 Å². The fourth-order valence-corrected chi connectivity index (χ4v) is 4.91. The summed E-state index contributed by atoms with van der Waals surface area (Å²) in [7, 11) is 3.22. The Hall–Kier alpha value is -4.28. The summed E-state index contributed by atoms with van der Waals surface area (Å²) in [6, 6.07) is 15.2. The summed E-state index contributed by atoms with van der Waals surface area (Å²) in [6.07, 6.45) is 5.00. The Kier molecular flexibility index (Phi) is 7.34. The van der Waals surface area contributed by atoms with Crippen molar-refractivity contribution in [3.63, 3.8) is 0 Å². The van der Waals surface area contributed by atoms with Crippen molar-refractivity contribution in [3.05, 3.63) is 99.4 Å². The van der Waals surface area contributed by atoms with Gasteiger partial charge in [-0.05, 0) is 61.5 Å². The van der Waals surface area contributed by atoms with Crippen LogP contribution in [0.2, 0.25) is 5.15 Å². The number of hydrogen-bond acceptors (Lipinski definition) is 7. The van der Waals surface area contributed by atoms with E-state index in [9.17, 15) is 4.39 Å². The molecule has 0 saturated carbocycles. The van der Waals surface area contributed by atoms with Crippen molar-refractivity contribution in [2.75, 3.05) is 14.2 Å². The molecule has 0 saturated heterocycles. The van der Waals surface area contributed by atoms with E-state index in [1.807, 2.05) is 42.6 Å². The Labute approximate surface area is 226 Å². The summed E-state index contributed by atoms with van der Waals surface area (Å²) in [5.41, 5.74) is 4.11. The van der Waals surface area contributed by atoms with Gasteiger partial charge in [0.1, 0.15) is 22.5 Å². The Morgan fingerprint density at radius 1 is 1.08 bits per heavy atom. The third-order valence-corrected chi connectivity index (χ3v) is 6.84. The molecule has 0 aliphatic rings. The van der Waals surface area contributed by atoms with Gasteiger partial charge in [-0.3, -0.25) is 4.98 Å². The molecule has 0 N–H and O–H groups in total. The van der Waals surface area contributed by atoms with Gasteiger partial charge in [0.15, 0.2) is 0 Å². The average molecular weight is 549 g/mol. The molecule has 0 unspecified atom stereocenters. The molecular formula is C27H22ClFN6O2S. The van der Waals surface area contributed by atoms with Crippen LogP contribution >= 0.6 is 22.9 Å². The van der Waals surface area contributed by atoms with Crippen molar-refractivity contribution in [1.29, 1.82) is 0 Å². The monoisotopic (exact) mass is 548 g/mol. The summed E-state index contributed by atoms with van der Waals surface area (Å²) in [6.45, 7) is 1.83. The van der Waals surface area contributed by atoms with E-state index in [0.717, 1.165) is 11.3 Å². The molecule has 11 heteroatoms. The molecule has 38 heavy (non-hydrogen) atoms. The minimum Gasteiger partial charge on any atom is -0.497 e. The SMILES string of the molecule is COc1ccc(OC)c(-c2csc(=Nc3cccnc3)n2N=Cc2c(C)nn(-c3ccc(F)cc3)c2Cl)c1. The molecular weight excluding hydrogens is 527 g/mol. The maximum Gasteiger partial charge on any atom is 0.211 e. The fraction of sp³-hybridized carbons (Fsp3) is 0.111. The Bertz CT molecular complexity index is 1680. The van der Waals surface area contributed by atoms with Crippen LogP contribution in [-0.2, 0) is 0 Å². The number of aryl methyl sites for hydroxylation is 1. The van der Waals surface area contributed by atoms with Gasteiger partial charge >= 0.3 is 0 Å². The normalized spacial score (nSPS) is 11.9. The fourth-order valence-electron chi connectivity index (χ4n) is 3.75. The first kappa shape index (κ1) is 25.4. The second-order valence-electron chi connectivity index (χ2n) is 8.03. The zero-order valence-electron chi connectivity index (χ0n) is 20.7. The highest BCUT2D eigenvalue weighted by Crippen LogP contribution is 2.34. The summed E-state index contributed by atoms with van der Waals surface area (Å²) in [5, 5.41) is 11.6. The second-order valence-corrected chi connectivity index (χ2v) is 9.22. The van der Waals surface area contributed by atoms with Gasteiger partial charge in [-0.25, -0.2) is 18.7 Å². The van der Waals surface area contributed by atoms with Crippen molar-refractivity contribution < 1.29 is 13.9 Å². The maximum absolute atomic E-state index is 13.4. The molecule has 0 aliphatic heterocycles. The van der Waals surface area contributed by atoms with Crippen LogP contribution < -0.4 is 14.3 Å². The smallest absolute Gasteiger partial charge is 0.211 e. The quantitative estimate of drug-likeness (QED) is 0.233. The maximum atomic E-state index is 13.4. The van der Waals surface area contributed by atoms with Gasteiger partial charge in [0, 0.05) is 17.1 Å². The van der Waals surface area contributed by atoms with E-state index in [2.05, 4.69) is 10.1 Å². The third kappa shape index (κ3) is 5.09. The highest BCUT2D eigenvalue weighted by Gasteiger charge is 2.16. The van der Waals surface area contributed by atoms with Crippen LogP contribution in [0.5, 0.6) is 11.5 Å². The number of aromatic nitrogens is 4. The van der Waals surface area contributed by atoms with Crippen LogP contribution in [0, 0.1) is 12.7 Å². The summed E-state index contributed by atoms with van der Waals surface area (Å²) < 4.78 is 27.7. The minimum atomic E-state index is -0.338. The number of benzene rings is 2. The highest BCUT2D eigenvalue weighted by molar-refractivity contribution is 7.07. The van der Waals surface area contributed by atoms with Gasteiger partial charge in [-0.1, -0.05) is 11.6 Å². The lowest BCUT2D eigenvalue weighted by atomic mass is 10.1. The number of nitrogens with zero attached hydrogens (tertiary/aromatic N) is 6. The van der Waals surface area contributed by atoms with Crippen molar-refractivity contribution in [2.45, 2.75) is 6.92 Å². The van der Waals surface area contributed by atoms with Gasteiger partial charge in [-0.15, -0.1) is 11.3 Å². The van der Waals surface area contributed by atoms with Crippen LogP contribution in [-0.4, -0.2) is 39.9 Å². The van der Waals surface area contributed by atoms with Crippen LogP contribution in [0.4, 0.5) is 10.1 Å². The lowest BCUT2D eigenvalue weighted by Crippen LogP contribution is -2.12. The lowest BCUT2D eigenvalue weighted by Gasteiger charge is -2.11. The molecule has 2 aromatic carbocycles. The molecule has 0 radical (unpaired) electrons. The topological polar surface area (TPSA) is 78.8 Å². The largest absolute Gasteiger partial charge is 0.497 e.